The first kappa shape index (κ1) is 52.2. The predicted octanol–water partition coefficient (Wildman–Crippen LogP) is -0.0142. The van der Waals surface area contributed by atoms with Crippen molar-refractivity contribution in [2.24, 2.45) is 0 Å². The molecule has 0 atom stereocenters. The molecule has 291 valence electrons. The molecule has 6 fully saturated rings. The number of carbonyl (C=O) groups excluding carboxylic acids is 4. The molecule has 51 heavy (non-hydrogen) atoms. The second-order valence-corrected chi connectivity index (χ2v) is 12.0. The molecular formula is C33H60BClN2NaO13. The van der Waals surface area contributed by atoms with Gasteiger partial charge in [-0.1, -0.05) is 7.43 Å². The van der Waals surface area contributed by atoms with Gasteiger partial charge in [0.05, 0.1) is 39.6 Å². The number of rotatable bonds is 1. The van der Waals surface area contributed by atoms with Gasteiger partial charge in [-0.05, 0) is 32.2 Å². The van der Waals surface area contributed by atoms with Crippen LogP contribution in [-0.4, -0.2) is 133 Å². The third kappa shape index (κ3) is 23.5. The molecule has 4 saturated heterocycles. The van der Waals surface area contributed by atoms with Crippen molar-refractivity contribution in [2.75, 3.05) is 79.0 Å². The van der Waals surface area contributed by atoms with E-state index in [1.807, 2.05) is 0 Å². The summed E-state index contributed by atoms with van der Waals surface area (Å²) in [5.41, 5.74) is 0. The molecular weight excluding hydrogens is 702 g/mol. The van der Waals surface area contributed by atoms with E-state index in [1.165, 1.54) is 39.2 Å². The minimum absolute atomic E-state index is 0. The van der Waals surface area contributed by atoms with E-state index in [0.29, 0.717) is 31.8 Å². The number of hydrogen-bond acceptors (Lipinski definition) is 15. The summed E-state index contributed by atoms with van der Waals surface area (Å²) in [7, 11) is 4.32. The predicted molar refractivity (Wildman–Crippen MR) is 185 cm³/mol. The van der Waals surface area contributed by atoms with Gasteiger partial charge >= 0.3 is 41.5 Å². The Morgan fingerprint density at radius 3 is 1.67 bits per heavy atom. The van der Waals surface area contributed by atoms with Crippen molar-refractivity contribution in [1.82, 2.24) is 10.2 Å². The SMILES string of the molecule is C.C1CNCCOC1.C1COCCN(C2CCC3(CC2)OCCO3)C1.CC(=O)OOC(C)=O.Cl.O=C1CCC2(CC1)OCCO2.[B-]OC(C)=O.[Na+]. The van der Waals surface area contributed by atoms with Crippen LogP contribution < -0.4 is 34.9 Å². The Balaban J connectivity index is 0. The summed E-state index contributed by atoms with van der Waals surface area (Å²) in [6, 6.07) is 0.718. The van der Waals surface area contributed by atoms with Crippen LogP contribution in [0.2, 0.25) is 0 Å². The smallest absolute Gasteiger partial charge is 0.793 e. The van der Waals surface area contributed by atoms with Crippen molar-refractivity contribution in [3.63, 3.8) is 0 Å². The molecule has 4 heterocycles. The van der Waals surface area contributed by atoms with Gasteiger partial charge in [-0.25, -0.2) is 19.4 Å². The van der Waals surface area contributed by atoms with Gasteiger partial charge in [-0.3, -0.25) is 14.5 Å². The van der Waals surface area contributed by atoms with Gasteiger partial charge in [0.2, 0.25) is 5.97 Å². The van der Waals surface area contributed by atoms with Crippen molar-refractivity contribution < 1.29 is 91.6 Å². The average Bonchev–Trinajstić information content (AvgIpc) is 3.49. The summed E-state index contributed by atoms with van der Waals surface area (Å²) in [5.74, 6) is -1.98. The number of ketones is 1. The monoisotopic (exact) mass is 761 g/mol. The normalized spacial score (nSPS) is 22.2. The molecule has 2 aliphatic carbocycles. The Labute approximate surface area is 333 Å². The second kappa shape index (κ2) is 30.4. The zero-order chi connectivity index (χ0) is 35.1. The van der Waals surface area contributed by atoms with Crippen LogP contribution in [-0.2, 0) is 62.0 Å². The topological polar surface area (TPSA) is 167 Å². The van der Waals surface area contributed by atoms with Gasteiger partial charge in [0, 0.05) is 98.2 Å². The first-order chi connectivity index (χ1) is 23.1. The van der Waals surface area contributed by atoms with Crippen molar-refractivity contribution in [3.05, 3.63) is 0 Å². The molecule has 1 N–H and O–H groups in total. The molecule has 0 amide bonds. The molecule has 0 unspecified atom stereocenters. The molecule has 0 aromatic heterocycles. The van der Waals surface area contributed by atoms with Gasteiger partial charge < -0.3 is 46.4 Å². The van der Waals surface area contributed by atoms with Gasteiger partial charge in [0.25, 0.3) is 0 Å². The maximum atomic E-state index is 10.9. The van der Waals surface area contributed by atoms with Crippen LogP contribution in [0.1, 0.15) is 92.4 Å². The van der Waals surface area contributed by atoms with Crippen molar-refractivity contribution in [1.29, 1.82) is 0 Å². The standard InChI is InChI=1S/C13H23NO3.C8H12O3.C5H11NO.C4H6O4.C2H3BO2.CH4.ClH.Na/c1-6-14(7-9-15-8-1)12-2-4-13(5-3-12)16-10-11-17-13;9-7-1-3-8(4-2-7)10-5-6-11-8;1-2-6-3-5-7-4-1;1-3(5)7-8-4(2)6;1-2(4)5-3;;;/h12H,1-11H2;1-6H2;6H,1-5H2;1-2H3;1H3;1H4;1H;/q;;;;-1;;;+1. The third-order valence-electron chi connectivity index (χ3n) is 8.19. The van der Waals surface area contributed by atoms with Crippen LogP contribution >= 0.6 is 12.4 Å². The number of hydrogen-bond donors (Lipinski definition) is 1. The fourth-order valence-corrected chi connectivity index (χ4v) is 5.81. The molecule has 0 aromatic carbocycles. The minimum atomic E-state index is -0.639. The number of Topliss-reactive ketones (excluding diaryl/α,β-unsaturated/α-hetero) is 1. The Hall–Kier alpha value is -0.885. The van der Waals surface area contributed by atoms with Crippen LogP contribution in [0.5, 0.6) is 0 Å². The third-order valence-corrected chi connectivity index (χ3v) is 8.19. The van der Waals surface area contributed by atoms with Crippen LogP contribution in [0, 0.1) is 0 Å². The molecule has 0 aromatic rings. The van der Waals surface area contributed by atoms with Gasteiger partial charge in [-0.2, -0.15) is 0 Å². The molecule has 2 saturated carbocycles. The van der Waals surface area contributed by atoms with E-state index < -0.39 is 17.9 Å². The van der Waals surface area contributed by atoms with E-state index in [2.05, 4.69) is 32.7 Å². The molecule has 2 spiro atoms. The van der Waals surface area contributed by atoms with E-state index in [4.69, 9.17) is 28.4 Å². The number of carbonyl (C=O) groups is 4. The summed E-state index contributed by atoms with van der Waals surface area (Å²) >= 11 is 0. The summed E-state index contributed by atoms with van der Waals surface area (Å²) in [6.07, 6.45) is 9.65. The van der Waals surface area contributed by atoms with Crippen LogP contribution in [0.4, 0.5) is 0 Å². The van der Waals surface area contributed by atoms with Crippen LogP contribution in [0.15, 0.2) is 0 Å². The maximum Gasteiger partial charge on any atom is 1.00 e. The van der Waals surface area contributed by atoms with Crippen molar-refractivity contribution in [3.8, 4) is 0 Å². The van der Waals surface area contributed by atoms with Crippen molar-refractivity contribution in [2.45, 2.75) is 110 Å². The van der Waals surface area contributed by atoms with Crippen LogP contribution in [0.25, 0.3) is 0 Å². The molecule has 15 nitrogen and oxygen atoms in total. The fraction of sp³-hybridized carbons (Fsp3) is 0.879. The average molecular weight is 762 g/mol. The van der Waals surface area contributed by atoms with Crippen molar-refractivity contribution >= 4 is 44.1 Å². The van der Waals surface area contributed by atoms with Gasteiger partial charge in [0.1, 0.15) is 5.78 Å². The van der Waals surface area contributed by atoms with E-state index >= 15 is 0 Å². The summed E-state index contributed by atoms with van der Waals surface area (Å²) < 4.78 is 36.7. The first-order valence-corrected chi connectivity index (χ1v) is 17.0. The zero-order valence-corrected chi connectivity index (χ0v) is 33.2. The van der Waals surface area contributed by atoms with Gasteiger partial charge in [-0.15, -0.1) is 12.4 Å². The Bertz CT molecular complexity index is 896. The molecule has 4 aliphatic heterocycles. The van der Waals surface area contributed by atoms with Crippen LogP contribution in [0.3, 0.4) is 0 Å². The molecule has 6 rings (SSSR count). The van der Waals surface area contributed by atoms with E-state index in [-0.39, 0.29) is 61.0 Å². The molecule has 18 heteroatoms. The minimum Gasteiger partial charge on any atom is -0.793 e. The zero-order valence-electron chi connectivity index (χ0n) is 30.4. The molecule has 0 bridgehead atoms. The number of ether oxygens (including phenoxy) is 6. The summed E-state index contributed by atoms with van der Waals surface area (Å²) in [4.78, 5) is 50.3. The Kier molecular flexibility index (Phi) is 31.2. The van der Waals surface area contributed by atoms with E-state index in [9.17, 15) is 19.2 Å². The molecule has 6 aliphatic rings. The number of nitrogens with one attached hydrogen (secondary N) is 1. The summed E-state index contributed by atoms with van der Waals surface area (Å²) in [5, 5.41) is 3.22. The number of nitrogens with zero attached hydrogens (tertiary/aromatic N) is 1. The number of halogens is 1. The Morgan fingerprint density at radius 2 is 1.18 bits per heavy atom. The second-order valence-electron chi connectivity index (χ2n) is 12.0. The summed E-state index contributed by atoms with van der Waals surface area (Å²) in [6.45, 7) is 14.6. The quantitative estimate of drug-likeness (QED) is 0.215. The first-order valence-electron chi connectivity index (χ1n) is 17.0. The largest absolute Gasteiger partial charge is 1.00 e. The van der Waals surface area contributed by atoms with E-state index in [0.717, 1.165) is 105 Å². The Morgan fingerprint density at radius 1 is 0.706 bits per heavy atom. The van der Waals surface area contributed by atoms with Gasteiger partial charge in [0.15, 0.2) is 11.6 Å². The van der Waals surface area contributed by atoms with E-state index in [1.54, 1.807) is 0 Å². The maximum absolute atomic E-state index is 10.9. The molecule has 3 radical (unpaired) electrons. The fourth-order valence-electron chi connectivity index (χ4n) is 5.81.